The summed E-state index contributed by atoms with van der Waals surface area (Å²) in [6.07, 6.45) is 5.12. The zero-order chi connectivity index (χ0) is 14.8. The second-order valence-corrected chi connectivity index (χ2v) is 5.88. The Morgan fingerprint density at radius 2 is 1.84 bits per heavy atom. The van der Waals surface area contributed by atoms with Crippen molar-refractivity contribution in [2.75, 3.05) is 0 Å². The molecule has 5 nitrogen and oxygen atoms in total. The first-order valence-electron chi connectivity index (χ1n) is 4.68. The van der Waals surface area contributed by atoms with E-state index in [1.807, 2.05) is 0 Å². The van der Waals surface area contributed by atoms with Crippen molar-refractivity contribution in [1.82, 2.24) is 0 Å². The highest BCUT2D eigenvalue weighted by Crippen LogP contribution is 2.25. The van der Waals surface area contributed by atoms with E-state index in [1.165, 1.54) is 6.92 Å². The molecule has 0 radical (unpaired) electrons. The van der Waals surface area contributed by atoms with Crippen LogP contribution in [0.1, 0.15) is 16.7 Å². The highest BCUT2D eigenvalue weighted by molar-refractivity contribution is 7.85. The molecule has 104 valence electrons. The van der Waals surface area contributed by atoms with Crippen LogP contribution in [0.15, 0.2) is 12.1 Å². The van der Waals surface area contributed by atoms with E-state index in [-0.39, 0.29) is 16.7 Å². The summed E-state index contributed by atoms with van der Waals surface area (Å²) in [6, 6.07) is 1.92. The van der Waals surface area contributed by atoms with Gasteiger partial charge >= 0.3 is 20.7 Å². The van der Waals surface area contributed by atoms with Gasteiger partial charge in [0.1, 0.15) is 11.5 Å². The maximum absolute atomic E-state index is 12.6. The average molecular weight is 310 g/mol. The van der Waals surface area contributed by atoms with Crippen LogP contribution in [-0.2, 0) is 26.5 Å². The molecule has 9 heteroatoms. The van der Waals surface area contributed by atoms with Crippen LogP contribution in [0, 0.1) is 19.3 Å². The first kappa shape index (κ1) is 15.4. The monoisotopic (exact) mass is 310 g/mol. The highest BCUT2D eigenvalue weighted by atomic mass is 32.3. The molecule has 0 aliphatic carbocycles. The molecular weight excluding hydrogens is 302 g/mol. The second kappa shape index (κ2) is 5.14. The van der Waals surface area contributed by atoms with Gasteiger partial charge < -0.3 is 4.18 Å². The SMILES string of the molecule is C#Cc1cc(OS(=O)(=O)F)cc(CS(=O)(=O)F)c1C. The molecule has 0 bridgehead atoms. The third-order valence-corrected chi connectivity index (χ3v) is 3.22. The van der Waals surface area contributed by atoms with Crippen molar-refractivity contribution in [3.05, 3.63) is 28.8 Å². The zero-order valence-electron chi connectivity index (χ0n) is 9.55. The van der Waals surface area contributed by atoms with Gasteiger partial charge in [-0.05, 0) is 30.2 Å². The molecule has 0 fully saturated rings. The van der Waals surface area contributed by atoms with Gasteiger partial charge in [0.25, 0.3) is 0 Å². The summed E-state index contributed by atoms with van der Waals surface area (Å²) >= 11 is 0. The van der Waals surface area contributed by atoms with Gasteiger partial charge in [-0.2, -0.15) is 16.8 Å². The van der Waals surface area contributed by atoms with Crippen LogP contribution in [-0.4, -0.2) is 16.8 Å². The molecule has 0 aromatic heterocycles. The second-order valence-electron chi connectivity index (χ2n) is 3.56. The van der Waals surface area contributed by atoms with Gasteiger partial charge in [0, 0.05) is 5.56 Å². The first-order valence-corrected chi connectivity index (χ1v) is 7.54. The summed E-state index contributed by atoms with van der Waals surface area (Å²) in [5, 5.41) is 0. The Morgan fingerprint density at radius 1 is 1.26 bits per heavy atom. The van der Waals surface area contributed by atoms with Crippen molar-refractivity contribution in [3.63, 3.8) is 0 Å². The first-order chi connectivity index (χ1) is 8.52. The molecule has 0 saturated carbocycles. The number of hydrogen-bond acceptors (Lipinski definition) is 5. The minimum Gasteiger partial charge on any atom is -0.358 e. The molecule has 19 heavy (non-hydrogen) atoms. The van der Waals surface area contributed by atoms with Crippen molar-refractivity contribution in [3.8, 4) is 18.1 Å². The van der Waals surface area contributed by atoms with E-state index >= 15 is 0 Å². The van der Waals surface area contributed by atoms with Crippen LogP contribution >= 0.6 is 0 Å². The lowest BCUT2D eigenvalue weighted by molar-refractivity contribution is 0.440. The Labute approximate surface area is 109 Å². The van der Waals surface area contributed by atoms with Gasteiger partial charge in [0.2, 0.25) is 0 Å². The summed E-state index contributed by atoms with van der Waals surface area (Å²) in [7, 11) is -10.1. The molecular formula is C10H8F2O5S2. The molecule has 0 spiro atoms. The molecule has 0 N–H and O–H groups in total. The average Bonchev–Trinajstić information content (AvgIpc) is 2.18. The standard InChI is InChI=1S/C10H8F2O5S2/c1-3-8-4-10(17-19(12,15)16)5-9(7(8)2)6-18(11,13)14/h1,4-5H,6H2,2H3. The van der Waals surface area contributed by atoms with Crippen LogP contribution in [0.4, 0.5) is 7.77 Å². The van der Waals surface area contributed by atoms with Crippen molar-refractivity contribution in [2.24, 2.45) is 0 Å². The largest absolute Gasteiger partial charge is 0.488 e. The fourth-order valence-corrected chi connectivity index (χ4v) is 2.39. The Balaban J connectivity index is 3.39. The zero-order valence-corrected chi connectivity index (χ0v) is 11.2. The normalized spacial score (nSPS) is 11.9. The smallest absolute Gasteiger partial charge is 0.358 e. The van der Waals surface area contributed by atoms with E-state index in [0.717, 1.165) is 12.1 Å². The predicted octanol–water partition coefficient (Wildman–Crippen LogP) is 1.37. The maximum Gasteiger partial charge on any atom is 0.488 e. The lowest BCUT2D eigenvalue weighted by atomic mass is 10.0. The van der Waals surface area contributed by atoms with Crippen molar-refractivity contribution >= 4 is 20.7 Å². The molecule has 1 rings (SSSR count). The number of benzene rings is 1. The van der Waals surface area contributed by atoms with E-state index in [9.17, 15) is 24.6 Å². The molecule has 0 saturated heterocycles. The van der Waals surface area contributed by atoms with E-state index in [0.29, 0.717) is 0 Å². The number of rotatable bonds is 4. The van der Waals surface area contributed by atoms with Crippen LogP contribution in [0.3, 0.4) is 0 Å². The Bertz CT molecular complexity index is 745. The molecule has 0 unspecified atom stereocenters. The molecule has 0 atom stereocenters. The Kier molecular flexibility index (Phi) is 4.17. The maximum atomic E-state index is 12.6. The fourth-order valence-electron chi connectivity index (χ4n) is 1.39. The van der Waals surface area contributed by atoms with Gasteiger partial charge in [-0.25, -0.2) is 0 Å². The Hall–Kier alpha value is -1.66. The van der Waals surface area contributed by atoms with Crippen LogP contribution in [0.2, 0.25) is 0 Å². The van der Waals surface area contributed by atoms with Gasteiger partial charge in [0.05, 0.1) is 0 Å². The van der Waals surface area contributed by atoms with Crippen molar-refractivity contribution < 1.29 is 28.8 Å². The lowest BCUT2D eigenvalue weighted by Crippen LogP contribution is -2.05. The lowest BCUT2D eigenvalue weighted by Gasteiger charge is -2.09. The summed E-state index contributed by atoms with van der Waals surface area (Å²) in [5.74, 6) is 0.588. The predicted molar refractivity (Wildman–Crippen MR) is 63.5 cm³/mol. The van der Waals surface area contributed by atoms with Crippen molar-refractivity contribution in [2.45, 2.75) is 12.7 Å². The minimum absolute atomic E-state index is 0.0693. The number of terminal acetylenes is 1. The number of halogens is 2. The minimum atomic E-state index is -5.29. The third-order valence-electron chi connectivity index (χ3n) is 2.17. The number of hydrogen-bond donors (Lipinski definition) is 0. The molecule has 0 heterocycles. The summed E-state index contributed by atoms with van der Waals surface area (Å²) < 4.78 is 70.9. The summed E-state index contributed by atoms with van der Waals surface area (Å²) in [6.45, 7) is 1.42. The summed E-state index contributed by atoms with van der Waals surface area (Å²) in [4.78, 5) is 0. The van der Waals surface area contributed by atoms with Gasteiger partial charge in [-0.3, -0.25) is 0 Å². The molecule has 0 aliphatic heterocycles. The van der Waals surface area contributed by atoms with Gasteiger partial charge in [-0.15, -0.1) is 10.3 Å². The Morgan fingerprint density at radius 3 is 2.26 bits per heavy atom. The summed E-state index contributed by atoms with van der Waals surface area (Å²) in [5.41, 5.74) is 0.212. The topological polar surface area (TPSA) is 77.5 Å². The van der Waals surface area contributed by atoms with Gasteiger partial charge in [0.15, 0.2) is 0 Å². The molecule has 1 aromatic carbocycles. The van der Waals surface area contributed by atoms with E-state index in [1.54, 1.807) is 0 Å². The molecule has 0 amide bonds. The molecule has 1 aromatic rings. The molecule has 0 aliphatic rings. The van der Waals surface area contributed by atoms with E-state index in [4.69, 9.17) is 6.42 Å². The van der Waals surface area contributed by atoms with Crippen molar-refractivity contribution in [1.29, 1.82) is 0 Å². The third kappa shape index (κ3) is 4.84. The fraction of sp³-hybridized carbons (Fsp3) is 0.200. The van der Waals surface area contributed by atoms with Crippen LogP contribution in [0.25, 0.3) is 0 Å². The van der Waals surface area contributed by atoms with Crippen LogP contribution < -0.4 is 4.18 Å². The van der Waals surface area contributed by atoms with Crippen LogP contribution in [0.5, 0.6) is 5.75 Å². The van der Waals surface area contributed by atoms with Gasteiger partial charge in [-0.1, -0.05) is 9.81 Å². The van der Waals surface area contributed by atoms with E-state index < -0.39 is 32.2 Å². The van der Waals surface area contributed by atoms with E-state index in [2.05, 4.69) is 10.1 Å². The highest BCUT2D eigenvalue weighted by Gasteiger charge is 2.17. The quantitative estimate of drug-likeness (QED) is 0.620.